The molecule has 1 unspecified atom stereocenters. The molecule has 1 aliphatic rings. The van der Waals surface area contributed by atoms with Crippen LogP contribution in [0.3, 0.4) is 0 Å². The Morgan fingerprint density at radius 1 is 1.62 bits per heavy atom. The number of hydrogen-bond donors (Lipinski definition) is 1. The molecule has 2 heterocycles. The fraction of sp³-hybridized carbons (Fsp3) is 0.750. The summed E-state index contributed by atoms with van der Waals surface area (Å²) < 4.78 is 5.08. The maximum Gasteiger partial charge on any atom is 0.133 e. The second-order valence-corrected chi connectivity index (χ2v) is 5.52. The smallest absolute Gasteiger partial charge is 0.133 e. The number of hydrogen-bond acceptors (Lipinski definition) is 4. The van der Waals surface area contributed by atoms with Crippen molar-refractivity contribution in [3.05, 3.63) is 17.5 Å². The van der Waals surface area contributed by atoms with Crippen LogP contribution >= 0.6 is 0 Å². The first kappa shape index (κ1) is 11.6. The fourth-order valence-electron chi connectivity index (χ4n) is 2.34. The maximum atomic E-state index is 6.11. The van der Waals surface area contributed by atoms with Gasteiger partial charge in [0, 0.05) is 31.7 Å². The molecule has 1 saturated heterocycles. The molecule has 1 aliphatic heterocycles. The normalized spacial score (nSPS) is 25.9. The van der Waals surface area contributed by atoms with Crippen LogP contribution < -0.4 is 5.73 Å². The highest BCUT2D eigenvalue weighted by molar-refractivity contribution is 5.04. The first-order valence-electron chi connectivity index (χ1n) is 5.87. The summed E-state index contributed by atoms with van der Waals surface area (Å²) >= 11 is 0. The van der Waals surface area contributed by atoms with Crippen LogP contribution in [0.1, 0.15) is 31.7 Å². The Morgan fingerprint density at radius 3 is 2.94 bits per heavy atom. The molecular weight excluding hydrogens is 202 g/mol. The standard InChI is InChI=1S/C12H21N3O/c1-9-6-10(14-16-9)7-15-5-4-11(13)12(2,3)8-15/h6,11H,4-5,7-8,13H2,1-3H3. The molecule has 1 fully saturated rings. The highest BCUT2D eigenvalue weighted by Gasteiger charge is 2.33. The van der Waals surface area contributed by atoms with Crippen molar-refractivity contribution < 1.29 is 4.52 Å². The molecule has 0 spiro atoms. The van der Waals surface area contributed by atoms with Gasteiger partial charge in [-0.2, -0.15) is 0 Å². The lowest BCUT2D eigenvalue weighted by Gasteiger charge is -2.42. The minimum Gasteiger partial charge on any atom is -0.361 e. The van der Waals surface area contributed by atoms with Crippen molar-refractivity contribution in [2.24, 2.45) is 11.1 Å². The summed E-state index contributed by atoms with van der Waals surface area (Å²) in [6, 6.07) is 2.31. The van der Waals surface area contributed by atoms with Gasteiger partial charge >= 0.3 is 0 Å². The molecule has 90 valence electrons. The number of nitrogens with two attached hydrogens (primary N) is 1. The summed E-state index contributed by atoms with van der Waals surface area (Å²) in [5, 5.41) is 4.03. The predicted octanol–water partition coefficient (Wildman–Crippen LogP) is 1.54. The van der Waals surface area contributed by atoms with Gasteiger partial charge in [-0.3, -0.25) is 4.90 Å². The molecule has 0 aromatic carbocycles. The van der Waals surface area contributed by atoms with Crippen LogP contribution in [-0.4, -0.2) is 29.2 Å². The first-order chi connectivity index (χ1) is 7.47. The summed E-state index contributed by atoms with van der Waals surface area (Å²) in [7, 11) is 0. The summed E-state index contributed by atoms with van der Waals surface area (Å²) in [5.74, 6) is 0.878. The summed E-state index contributed by atoms with van der Waals surface area (Å²) in [4.78, 5) is 2.40. The van der Waals surface area contributed by atoms with Gasteiger partial charge in [-0.1, -0.05) is 19.0 Å². The van der Waals surface area contributed by atoms with Crippen molar-refractivity contribution >= 4 is 0 Å². The van der Waals surface area contributed by atoms with Gasteiger partial charge in [-0.15, -0.1) is 0 Å². The highest BCUT2D eigenvalue weighted by Crippen LogP contribution is 2.28. The summed E-state index contributed by atoms with van der Waals surface area (Å²) in [6.07, 6.45) is 1.06. The van der Waals surface area contributed by atoms with E-state index in [2.05, 4.69) is 23.9 Å². The van der Waals surface area contributed by atoms with Crippen LogP contribution in [-0.2, 0) is 6.54 Å². The Labute approximate surface area is 96.8 Å². The first-order valence-corrected chi connectivity index (χ1v) is 5.87. The average molecular weight is 223 g/mol. The van der Waals surface area contributed by atoms with Gasteiger partial charge in [0.25, 0.3) is 0 Å². The van der Waals surface area contributed by atoms with E-state index in [-0.39, 0.29) is 5.41 Å². The molecule has 16 heavy (non-hydrogen) atoms. The van der Waals surface area contributed by atoms with E-state index in [4.69, 9.17) is 10.3 Å². The molecule has 1 aromatic rings. The SMILES string of the molecule is Cc1cc(CN2CCC(N)C(C)(C)C2)no1. The van der Waals surface area contributed by atoms with E-state index in [9.17, 15) is 0 Å². The lowest BCUT2D eigenvalue weighted by molar-refractivity contribution is 0.0880. The molecule has 0 radical (unpaired) electrons. The second kappa shape index (κ2) is 4.18. The van der Waals surface area contributed by atoms with Gasteiger partial charge < -0.3 is 10.3 Å². The van der Waals surface area contributed by atoms with Gasteiger partial charge in [0.2, 0.25) is 0 Å². The van der Waals surface area contributed by atoms with Crippen molar-refractivity contribution in [3.63, 3.8) is 0 Å². The Balaban J connectivity index is 1.97. The predicted molar refractivity (Wildman–Crippen MR) is 62.9 cm³/mol. The molecule has 1 atom stereocenters. The molecule has 2 N–H and O–H groups in total. The van der Waals surface area contributed by atoms with Crippen LogP contribution in [0.5, 0.6) is 0 Å². The second-order valence-electron chi connectivity index (χ2n) is 5.52. The number of rotatable bonds is 2. The van der Waals surface area contributed by atoms with Gasteiger partial charge in [0.05, 0.1) is 5.69 Å². The lowest BCUT2D eigenvalue weighted by Crippen LogP contribution is -2.52. The van der Waals surface area contributed by atoms with Crippen LogP contribution in [0, 0.1) is 12.3 Å². The highest BCUT2D eigenvalue weighted by atomic mass is 16.5. The van der Waals surface area contributed by atoms with E-state index in [0.717, 1.165) is 37.5 Å². The number of aryl methyl sites for hydroxylation is 1. The lowest BCUT2D eigenvalue weighted by atomic mass is 9.80. The van der Waals surface area contributed by atoms with E-state index in [0.29, 0.717) is 6.04 Å². The number of piperidine rings is 1. The van der Waals surface area contributed by atoms with Crippen molar-refractivity contribution in [1.29, 1.82) is 0 Å². The summed E-state index contributed by atoms with van der Waals surface area (Å²) in [5.41, 5.74) is 7.32. The third-order valence-electron chi connectivity index (χ3n) is 3.45. The molecule has 0 saturated carbocycles. The monoisotopic (exact) mass is 223 g/mol. The topological polar surface area (TPSA) is 55.3 Å². The maximum absolute atomic E-state index is 6.11. The molecule has 4 nitrogen and oxygen atoms in total. The average Bonchev–Trinajstić information content (AvgIpc) is 2.57. The summed E-state index contributed by atoms with van der Waals surface area (Å²) in [6.45, 7) is 9.34. The fourth-order valence-corrected chi connectivity index (χ4v) is 2.34. The van der Waals surface area contributed by atoms with Crippen LogP contribution in [0.15, 0.2) is 10.6 Å². The largest absolute Gasteiger partial charge is 0.361 e. The third-order valence-corrected chi connectivity index (χ3v) is 3.45. The van der Waals surface area contributed by atoms with Crippen molar-refractivity contribution in [1.82, 2.24) is 10.1 Å². The minimum atomic E-state index is 0.191. The van der Waals surface area contributed by atoms with Crippen LogP contribution in [0.2, 0.25) is 0 Å². The number of likely N-dealkylation sites (tertiary alicyclic amines) is 1. The zero-order valence-electron chi connectivity index (χ0n) is 10.4. The number of nitrogens with zero attached hydrogens (tertiary/aromatic N) is 2. The van der Waals surface area contributed by atoms with E-state index < -0.39 is 0 Å². The molecular formula is C12H21N3O. The molecule has 4 heteroatoms. The number of aromatic nitrogens is 1. The quantitative estimate of drug-likeness (QED) is 0.826. The zero-order chi connectivity index (χ0) is 11.8. The Bertz CT molecular complexity index is 359. The van der Waals surface area contributed by atoms with E-state index in [1.165, 1.54) is 0 Å². The molecule has 2 rings (SSSR count). The Kier molecular flexibility index (Phi) is 3.04. The molecule has 1 aromatic heterocycles. The molecule has 0 bridgehead atoms. The molecule has 0 aliphatic carbocycles. The Hall–Kier alpha value is -0.870. The zero-order valence-corrected chi connectivity index (χ0v) is 10.4. The van der Waals surface area contributed by atoms with Crippen molar-refractivity contribution in [3.8, 4) is 0 Å². The van der Waals surface area contributed by atoms with Gasteiger partial charge in [-0.05, 0) is 18.8 Å². The third kappa shape index (κ3) is 2.44. The van der Waals surface area contributed by atoms with Crippen LogP contribution in [0.4, 0.5) is 0 Å². The van der Waals surface area contributed by atoms with Crippen molar-refractivity contribution in [2.75, 3.05) is 13.1 Å². The van der Waals surface area contributed by atoms with E-state index in [1.807, 2.05) is 13.0 Å². The minimum absolute atomic E-state index is 0.191. The van der Waals surface area contributed by atoms with E-state index >= 15 is 0 Å². The molecule has 0 amide bonds. The Morgan fingerprint density at radius 2 is 2.38 bits per heavy atom. The van der Waals surface area contributed by atoms with E-state index in [1.54, 1.807) is 0 Å². The van der Waals surface area contributed by atoms with Gasteiger partial charge in [0.15, 0.2) is 0 Å². The van der Waals surface area contributed by atoms with Gasteiger partial charge in [0.1, 0.15) is 5.76 Å². The van der Waals surface area contributed by atoms with Crippen molar-refractivity contribution in [2.45, 2.75) is 39.8 Å². The van der Waals surface area contributed by atoms with Crippen LogP contribution in [0.25, 0.3) is 0 Å². The van der Waals surface area contributed by atoms with Gasteiger partial charge in [-0.25, -0.2) is 0 Å².